The molecule has 2 aromatic rings. The molecule has 0 saturated heterocycles. The highest BCUT2D eigenvalue weighted by molar-refractivity contribution is 7.60. The summed E-state index contributed by atoms with van der Waals surface area (Å²) in [5, 5.41) is -0.0623. The summed E-state index contributed by atoms with van der Waals surface area (Å²) in [6, 6.07) is 13.2. The smallest absolute Gasteiger partial charge is 0.359 e. The van der Waals surface area contributed by atoms with Gasteiger partial charge in [0.1, 0.15) is 11.1 Å². The number of methoxy groups -OCH3 is 1. The Hall–Kier alpha value is -1.61. The molecule has 0 aliphatic heterocycles. The van der Waals surface area contributed by atoms with Gasteiger partial charge < -0.3 is 14.5 Å². The van der Waals surface area contributed by atoms with Crippen LogP contribution in [0.1, 0.15) is 23.6 Å². The number of ether oxygens (including phenoxy) is 1. The second kappa shape index (κ2) is 6.44. The van der Waals surface area contributed by atoms with Crippen molar-refractivity contribution >= 4 is 12.9 Å². The van der Waals surface area contributed by atoms with Gasteiger partial charge in [0.2, 0.25) is 0 Å². The molecule has 0 aromatic heterocycles. The molecule has 2 N–H and O–H groups in total. The quantitative estimate of drug-likeness (QED) is 0.833. The average Bonchev–Trinajstić information content (AvgIpc) is 2.47. The van der Waals surface area contributed by atoms with E-state index in [2.05, 4.69) is 19.1 Å². The Balaban J connectivity index is 2.30. The molecule has 5 heteroatoms. The molecular formula is C16H19O4P. The van der Waals surface area contributed by atoms with Crippen molar-refractivity contribution in [1.29, 1.82) is 0 Å². The predicted molar refractivity (Wildman–Crippen MR) is 83.3 cm³/mol. The minimum Gasteiger partial charge on any atom is -0.496 e. The molecule has 4 nitrogen and oxygen atoms in total. The topological polar surface area (TPSA) is 66.8 Å². The molecule has 2 aromatic carbocycles. The minimum absolute atomic E-state index is 0.0623. The molecule has 0 fully saturated rings. The fourth-order valence-corrected chi connectivity index (χ4v) is 2.99. The van der Waals surface area contributed by atoms with E-state index in [4.69, 9.17) is 4.74 Å². The summed E-state index contributed by atoms with van der Waals surface area (Å²) < 4.78 is 16.5. The highest BCUT2D eigenvalue weighted by Gasteiger charge is 2.22. The normalized spacial score (nSPS) is 11.4. The zero-order valence-corrected chi connectivity index (χ0v) is 13.0. The van der Waals surface area contributed by atoms with Crippen molar-refractivity contribution in [2.45, 2.75) is 19.8 Å². The number of benzene rings is 2. The standard InChI is InChI=1S/C16H19O4P/c1-3-12-4-6-13(7-5-12)10-14-8-9-15(20-2)16(11-14)21(17,18)19/h4-9,11H,3,10H2,1-2H3,(H2,17,18,19). The molecule has 0 aliphatic carbocycles. The number of rotatable bonds is 5. The van der Waals surface area contributed by atoms with E-state index in [9.17, 15) is 14.4 Å². The summed E-state index contributed by atoms with van der Waals surface area (Å²) in [5.74, 6) is 0.216. The lowest BCUT2D eigenvalue weighted by atomic mass is 10.0. The van der Waals surface area contributed by atoms with Crippen LogP contribution in [-0.2, 0) is 17.4 Å². The van der Waals surface area contributed by atoms with E-state index in [0.717, 1.165) is 17.5 Å². The molecule has 0 heterocycles. The van der Waals surface area contributed by atoms with Gasteiger partial charge in [-0.2, -0.15) is 0 Å². The Kier molecular flexibility index (Phi) is 4.84. The second-order valence-corrected chi connectivity index (χ2v) is 6.47. The van der Waals surface area contributed by atoms with E-state index < -0.39 is 7.60 Å². The van der Waals surface area contributed by atoms with Gasteiger partial charge in [-0.25, -0.2) is 0 Å². The molecule has 0 spiro atoms. The maximum absolute atomic E-state index is 11.5. The van der Waals surface area contributed by atoms with Crippen LogP contribution in [0.4, 0.5) is 0 Å². The second-order valence-electron chi connectivity index (χ2n) is 4.90. The van der Waals surface area contributed by atoms with Crippen molar-refractivity contribution in [3.8, 4) is 5.75 Å². The molecule has 0 radical (unpaired) electrons. The van der Waals surface area contributed by atoms with Gasteiger partial charge in [0, 0.05) is 0 Å². The first-order valence-corrected chi connectivity index (χ1v) is 8.36. The van der Waals surface area contributed by atoms with E-state index in [1.54, 1.807) is 6.07 Å². The summed E-state index contributed by atoms with van der Waals surface area (Å²) in [4.78, 5) is 18.8. The van der Waals surface area contributed by atoms with Crippen LogP contribution in [0.5, 0.6) is 5.75 Å². The molecule has 0 saturated carbocycles. The lowest BCUT2D eigenvalue weighted by Gasteiger charge is -2.12. The van der Waals surface area contributed by atoms with Gasteiger partial charge in [0.05, 0.1) is 7.11 Å². The minimum atomic E-state index is -4.34. The average molecular weight is 306 g/mol. The highest BCUT2D eigenvalue weighted by Crippen LogP contribution is 2.37. The molecule has 0 atom stereocenters. The highest BCUT2D eigenvalue weighted by atomic mass is 31.2. The van der Waals surface area contributed by atoms with Crippen molar-refractivity contribution in [3.05, 3.63) is 59.2 Å². The fourth-order valence-electron chi connectivity index (χ4n) is 2.20. The van der Waals surface area contributed by atoms with Gasteiger partial charge in [-0.15, -0.1) is 0 Å². The Morgan fingerprint density at radius 2 is 1.57 bits per heavy atom. The van der Waals surface area contributed by atoms with Crippen molar-refractivity contribution in [2.24, 2.45) is 0 Å². The Morgan fingerprint density at radius 3 is 2.10 bits per heavy atom. The first kappa shape index (κ1) is 15.8. The van der Waals surface area contributed by atoms with Crippen molar-refractivity contribution in [1.82, 2.24) is 0 Å². The fraction of sp³-hybridized carbons (Fsp3) is 0.250. The zero-order valence-electron chi connectivity index (χ0n) is 12.1. The van der Waals surface area contributed by atoms with Crippen molar-refractivity contribution < 1.29 is 19.1 Å². The largest absolute Gasteiger partial charge is 0.496 e. The Morgan fingerprint density at radius 1 is 1.00 bits per heavy atom. The summed E-state index contributed by atoms with van der Waals surface area (Å²) in [7, 11) is -2.94. The lowest BCUT2D eigenvalue weighted by molar-refractivity contribution is 0.380. The third-order valence-corrected chi connectivity index (χ3v) is 4.37. The molecule has 0 amide bonds. The Bertz CT molecular complexity index is 658. The van der Waals surface area contributed by atoms with E-state index >= 15 is 0 Å². The summed E-state index contributed by atoms with van der Waals surface area (Å²) in [6.07, 6.45) is 1.62. The van der Waals surface area contributed by atoms with Crippen LogP contribution in [0.25, 0.3) is 0 Å². The van der Waals surface area contributed by atoms with Crippen molar-refractivity contribution in [2.75, 3.05) is 7.11 Å². The third-order valence-electron chi connectivity index (χ3n) is 3.40. The molecule has 112 valence electrons. The van der Waals surface area contributed by atoms with Crippen molar-refractivity contribution in [3.63, 3.8) is 0 Å². The lowest BCUT2D eigenvalue weighted by Crippen LogP contribution is -2.09. The summed E-state index contributed by atoms with van der Waals surface area (Å²) >= 11 is 0. The summed E-state index contributed by atoms with van der Waals surface area (Å²) in [5.41, 5.74) is 3.22. The van der Waals surface area contributed by atoms with Gasteiger partial charge in [-0.05, 0) is 41.7 Å². The van der Waals surface area contributed by atoms with Crippen LogP contribution < -0.4 is 10.0 Å². The number of hydrogen-bond donors (Lipinski definition) is 2. The van der Waals surface area contributed by atoms with Gasteiger partial charge in [0.25, 0.3) is 0 Å². The molecule has 0 aliphatic rings. The molecule has 21 heavy (non-hydrogen) atoms. The van der Waals surface area contributed by atoms with Crippen LogP contribution in [0.2, 0.25) is 0 Å². The third kappa shape index (κ3) is 3.94. The zero-order chi connectivity index (χ0) is 15.5. The van der Waals surface area contributed by atoms with Gasteiger partial charge in [-0.1, -0.05) is 37.3 Å². The van der Waals surface area contributed by atoms with Crippen LogP contribution in [0, 0.1) is 0 Å². The van der Waals surface area contributed by atoms with Gasteiger partial charge >= 0.3 is 7.60 Å². The van der Waals surface area contributed by atoms with E-state index in [0.29, 0.717) is 6.42 Å². The van der Waals surface area contributed by atoms with E-state index in [1.165, 1.54) is 18.7 Å². The Labute approximate surface area is 124 Å². The first-order valence-electron chi connectivity index (χ1n) is 6.75. The SMILES string of the molecule is CCc1ccc(Cc2ccc(OC)c(P(=O)(O)O)c2)cc1. The molecule has 0 bridgehead atoms. The van der Waals surface area contributed by atoms with E-state index in [-0.39, 0.29) is 11.1 Å². The van der Waals surface area contributed by atoms with Gasteiger partial charge in [0.15, 0.2) is 0 Å². The number of aryl methyl sites for hydroxylation is 1. The predicted octanol–water partition coefficient (Wildman–Crippen LogP) is 2.65. The molecule has 2 rings (SSSR count). The maximum Gasteiger partial charge on any atom is 0.359 e. The molecule has 0 unspecified atom stereocenters. The summed E-state index contributed by atoms with van der Waals surface area (Å²) in [6.45, 7) is 2.10. The molecular weight excluding hydrogens is 287 g/mol. The van der Waals surface area contributed by atoms with Crippen LogP contribution in [0.15, 0.2) is 42.5 Å². The number of hydrogen-bond acceptors (Lipinski definition) is 2. The van der Waals surface area contributed by atoms with Gasteiger partial charge in [-0.3, -0.25) is 4.57 Å². The van der Waals surface area contributed by atoms with E-state index in [1.807, 2.05) is 18.2 Å². The van der Waals surface area contributed by atoms with Crippen LogP contribution in [-0.4, -0.2) is 16.9 Å². The van der Waals surface area contributed by atoms with Crippen LogP contribution in [0.3, 0.4) is 0 Å². The van der Waals surface area contributed by atoms with Crippen LogP contribution >= 0.6 is 7.60 Å². The first-order chi connectivity index (χ1) is 9.94. The monoisotopic (exact) mass is 306 g/mol. The maximum atomic E-state index is 11.5.